The zero-order valence-electron chi connectivity index (χ0n) is 7.36. The minimum atomic E-state index is 0.158. The van der Waals surface area contributed by atoms with Gasteiger partial charge in [0.15, 0.2) is 0 Å². The highest BCUT2D eigenvalue weighted by Gasteiger charge is 2.19. The van der Waals surface area contributed by atoms with Crippen molar-refractivity contribution in [3.63, 3.8) is 0 Å². The van der Waals surface area contributed by atoms with E-state index in [1.165, 1.54) is 11.8 Å². The smallest absolute Gasteiger partial charge is 0.223 e. The number of thioether (sulfide) groups is 2. The monoisotopic (exact) mass is 248 g/mol. The van der Waals surface area contributed by atoms with Crippen LogP contribution in [0.2, 0.25) is 5.28 Å². The van der Waals surface area contributed by atoms with Gasteiger partial charge in [0.25, 0.3) is 0 Å². The minimum Gasteiger partial charge on any atom is -0.396 e. The van der Waals surface area contributed by atoms with Crippen LogP contribution in [0.5, 0.6) is 0 Å². The van der Waals surface area contributed by atoms with Crippen LogP contribution in [0, 0.1) is 0 Å². The molecule has 2 rings (SSSR count). The Morgan fingerprint density at radius 3 is 3.14 bits per heavy atom. The number of fused-ring (bicyclic) bond motifs is 1. The lowest BCUT2D eigenvalue weighted by Gasteiger charge is -2.04. The predicted molar refractivity (Wildman–Crippen MR) is 59.3 cm³/mol. The van der Waals surface area contributed by atoms with Crippen molar-refractivity contribution in [2.24, 2.45) is 0 Å². The van der Waals surface area contributed by atoms with Crippen LogP contribution < -0.4 is 0 Å². The first kappa shape index (κ1) is 10.5. The third-order valence-electron chi connectivity index (χ3n) is 1.79. The molecule has 76 valence electrons. The van der Waals surface area contributed by atoms with Crippen LogP contribution in [-0.2, 0) is 6.42 Å². The molecule has 0 fully saturated rings. The fourth-order valence-corrected chi connectivity index (χ4v) is 3.51. The third kappa shape index (κ3) is 2.16. The topological polar surface area (TPSA) is 46.0 Å². The normalized spacial score (nSPS) is 14.4. The maximum atomic E-state index is 8.74. The van der Waals surface area contributed by atoms with E-state index in [0.29, 0.717) is 11.0 Å². The van der Waals surface area contributed by atoms with Gasteiger partial charge in [0.2, 0.25) is 5.28 Å². The zero-order chi connectivity index (χ0) is 9.97. The fourth-order valence-electron chi connectivity index (χ4n) is 1.25. The second-order valence-electron chi connectivity index (χ2n) is 2.74. The van der Waals surface area contributed by atoms with Crippen LogP contribution in [0.15, 0.2) is 9.92 Å². The Labute approximate surface area is 95.7 Å². The number of aromatic nitrogens is 2. The first-order chi connectivity index (χ1) is 6.81. The Morgan fingerprint density at radius 1 is 1.50 bits per heavy atom. The van der Waals surface area contributed by atoms with Gasteiger partial charge < -0.3 is 5.11 Å². The molecule has 14 heavy (non-hydrogen) atoms. The summed E-state index contributed by atoms with van der Waals surface area (Å²) in [5.41, 5.74) is 1.05. The molecule has 1 aromatic heterocycles. The molecule has 0 radical (unpaired) electrons. The van der Waals surface area contributed by atoms with E-state index in [9.17, 15) is 0 Å². The van der Waals surface area contributed by atoms with E-state index in [0.717, 1.165) is 27.8 Å². The van der Waals surface area contributed by atoms with Crippen LogP contribution in [0.1, 0.15) is 5.69 Å². The predicted octanol–water partition coefficient (Wildman–Crippen LogP) is 1.86. The lowest BCUT2D eigenvalue weighted by atomic mass is 10.3. The Bertz CT molecular complexity index is 348. The number of aliphatic hydroxyl groups excluding tert-OH is 1. The summed E-state index contributed by atoms with van der Waals surface area (Å²) in [6.45, 7) is 0.158. The van der Waals surface area contributed by atoms with Crippen molar-refractivity contribution in [1.82, 2.24) is 9.97 Å². The lowest BCUT2D eigenvalue weighted by Crippen LogP contribution is -1.95. The van der Waals surface area contributed by atoms with Gasteiger partial charge in [-0.15, -0.1) is 23.5 Å². The Kier molecular flexibility index (Phi) is 3.54. The molecule has 0 unspecified atom stereocenters. The average molecular weight is 249 g/mol. The minimum absolute atomic E-state index is 0.158. The first-order valence-electron chi connectivity index (χ1n) is 4.24. The largest absolute Gasteiger partial charge is 0.396 e. The quantitative estimate of drug-likeness (QED) is 0.503. The van der Waals surface area contributed by atoms with Gasteiger partial charge in [-0.1, -0.05) is 0 Å². The fraction of sp³-hybridized carbons (Fsp3) is 0.500. The van der Waals surface area contributed by atoms with Gasteiger partial charge in [0.1, 0.15) is 5.03 Å². The molecule has 0 spiro atoms. The number of nitrogens with zero attached hydrogens (tertiary/aromatic N) is 2. The molecule has 0 aliphatic carbocycles. The molecule has 2 heterocycles. The molecule has 0 atom stereocenters. The lowest BCUT2D eigenvalue weighted by molar-refractivity contribution is 0.322. The zero-order valence-corrected chi connectivity index (χ0v) is 9.75. The molecular formula is C8H9ClN2OS2. The summed E-state index contributed by atoms with van der Waals surface area (Å²) in [4.78, 5) is 9.49. The van der Waals surface area contributed by atoms with Gasteiger partial charge in [0, 0.05) is 17.9 Å². The maximum absolute atomic E-state index is 8.74. The summed E-state index contributed by atoms with van der Waals surface area (Å²) >= 11 is 9.10. The third-order valence-corrected chi connectivity index (χ3v) is 4.17. The molecule has 0 amide bonds. The van der Waals surface area contributed by atoms with E-state index < -0.39 is 0 Å². The van der Waals surface area contributed by atoms with Crippen molar-refractivity contribution >= 4 is 35.1 Å². The second kappa shape index (κ2) is 4.70. The molecule has 0 bridgehead atoms. The summed E-state index contributed by atoms with van der Waals surface area (Å²) in [6.07, 6.45) is 0.967. The molecule has 0 saturated heterocycles. The second-order valence-corrected chi connectivity index (χ2v) is 5.27. The average Bonchev–Trinajstić information content (AvgIpc) is 2.61. The number of rotatable bonds is 3. The number of hydrogen-bond donors (Lipinski definition) is 1. The van der Waals surface area contributed by atoms with Crippen LogP contribution in [0.3, 0.4) is 0 Å². The highest BCUT2D eigenvalue weighted by molar-refractivity contribution is 8.02. The molecule has 6 heteroatoms. The molecule has 0 aromatic carbocycles. The highest BCUT2D eigenvalue weighted by Crippen LogP contribution is 2.37. The molecule has 3 nitrogen and oxygen atoms in total. The van der Waals surface area contributed by atoms with Crippen LogP contribution >= 0.6 is 35.1 Å². The number of halogens is 1. The molecular weight excluding hydrogens is 240 g/mol. The van der Waals surface area contributed by atoms with Crippen molar-refractivity contribution in [3.8, 4) is 0 Å². The highest BCUT2D eigenvalue weighted by atomic mass is 35.5. The Balaban J connectivity index is 2.29. The Hall–Kier alpha value is 0.0300. The van der Waals surface area contributed by atoms with Crippen molar-refractivity contribution in [2.75, 3.05) is 18.1 Å². The number of aryl methyl sites for hydroxylation is 1. The van der Waals surface area contributed by atoms with Crippen molar-refractivity contribution < 1.29 is 5.11 Å². The van der Waals surface area contributed by atoms with Crippen LogP contribution in [0.25, 0.3) is 0 Å². The molecule has 1 aliphatic rings. The van der Waals surface area contributed by atoms with Crippen molar-refractivity contribution in [1.29, 1.82) is 0 Å². The summed E-state index contributed by atoms with van der Waals surface area (Å²) in [5, 5.41) is 9.97. The standard InChI is InChI=1S/C8H9ClN2OS2/c9-8-10-5-1-3-13-6(5)7(11-8)14-4-2-12/h12H,1-4H2. The maximum Gasteiger partial charge on any atom is 0.223 e. The Morgan fingerprint density at radius 2 is 2.36 bits per heavy atom. The molecule has 1 aliphatic heterocycles. The van der Waals surface area contributed by atoms with Gasteiger partial charge in [-0.2, -0.15) is 0 Å². The van der Waals surface area contributed by atoms with Crippen LogP contribution in [0.4, 0.5) is 0 Å². The summed E-state index contributed by atoms with van der Waals surface area (Å²) in [7, 11) is 0. The molecule has 0 saturated carbocycles. The van der Waals surface area contributed by atoms with E-state index >= 15 is 0 Å². The molecule has 1 aromatic rings. The van der Waals surface area contributed by atoms with E-state index in [2.05, 4.69) is 9.97 Å². The van der Waals surface area contributed by atoms with E-state index in [4.69, 9.17) is 16.7 Å². The van der Waals surface area contributed by atoms with Gasteiger partial charge in [-0.25, -0.2) is 9.97 Å². The van der Waals surface area contributed by atoms with Gasteiger partial charge in [-0.05, 0) is 11.6 Å². The first-order valence-corrected chi connectivity index (χ1v) is 6.59. The van der Waals surface area contributed by atoms with Crippen LogP contribution in [-0.4, -0.2) is 33.2 Å². The number of hydrogen-bond acceptors (Lipinski definition) is 5. The summed E-state index contributed by atoms with van der Waals surface area (Å²) < 4.78 is 0. The van der Waals surface area contributed by atoms with Crippen molar-refractivity contribution in [2.45, 2.75) is 16.3 Å². The van der Waals surface area contributed by atoms with E-state index in [-0.39, 0.29) is 6.61 Å². The molecule has 1 N–H and O–H groups in total. The van der Waals surface area contributed by atoms with Gasteiger partial charge >= 0.3 is 0 Å². The summed E-state index contributed by atoms with van der Waals surface area (Å²) in [6, 6.07) is 0. The van der Waals surface area contributed by atoms with Gasteiger partial charge in [-0.3, -0.25) is 0 Å². The van der Waals surface area contributed by atoms with Gasteiger partial charge in [0.05, 0.1) is 17.2 Å². The van der Waals surface area contributed by atoms with Crippen molar-refractivity contribution in [3.05, 3.63) is 11.0 Å². The van der Waals surface area contributed by atoms with E-state index in [1.807, 2.05) is 0 Å². The number of aliphatic hydroxyl groups is 1. The van der Waals surface area contributed by atoms with E-state index in [1.54, 1.807) is 11.8 Å². The summed E-state index contributed by atoms with van der Waals surface area (Å²) in [5.74, 6) is 1.71. The SMILES string of the molecule is OCCSc1nc(Cl)nc2c1SCC2.